The first-order chi connectivity index (χ1) is 12.6. The average molecular weight is 399 g/mol. The van der Waals surface area contributed by atoms with Gasteiger partial charge in [0.2, 0.25) is 22.2 Å². The van der Waals surface area contributed by atoms with Crippen molar-refractivity contribution in [2.45, 2.75) is 17.7 Å². The number of alkyl halides is 3. The standard InChI is InChI=1S/C16H12F3N3O4S/c17-16(18,19)11-2-1-3-12(7-11)25-8-10-4-5-13(15-21-9-26-22-15)14(6-10)27(20,23)24/h1-7,9H,8H2,(H2,20,23,24). The maximum atomic E-state index is 12.7. The van der Waals surface area contributed by atoms with E-state index in [0.717, 1.165) is 18.5 Å². The molecule has 0 amide bonds. The third kappa shape index (κ3) is 4.44. The summed E-state index contributed by atoms with van der Waals surface area (Å²) >= 11 is 0. The van der Waals surface area contributed by atoms with E-state index in [9.17, 15) is 21.6 Å². The van der Waals surface area contributed by atoms with E-state index < -0.39 is 21.8 Å². The van der Waals surface area contributed by atoms with Gasteiger partial charge in [0, 0.05) is 5.56 Å². The van der Waals surface area contributed by atoms with Gasteiger partial charge in [0.1, 0.15) is 12.4 Å². The number of nitrogens with zero attached hydrogens (tertiary/aromatic N) is 2. The molecule has 7 nitrogen and oxygen atoms in total. The Morgan fingerprint density at radius 1 is 1.15 bits per heavy atom. The lowest BCUT2D eigenvalue weighted by atomic mass is 10.1. The SMILES string of the molecule is NS(=O)(=O)c1cc(COc2cccc(C(F)(F)F)c2)ccc1-c1ncon1. The van der Waals surface area contributed by atoms with Crippen LogP contribution in [0, 0.1) is 0 Å². The van der Waals surface area contributed by atoms with Crippen LogP contribution in [0.5, 0.6) is 5.75 Å². The largest absolute Gasteiger partial charge is 0.489 e. The van der Waals surface area contributed by atoms with Crippen molar-refractivity contribution in [2.24, 2.45) is 5.14 Å². The van der Waals surface area contributed by atoms with Gasteiger partial charge in [-0.15, -0.1) is 0 Å². The molecule has 2 aromatic carbocycles. The van der Waals surface area contributed by atoms with Gasteiger partial charge < -0.3 is 9.26 Å². The fraction of sp³-hybridized carbons (Fsp3) is 0.125. The molecule has 0 bridgehead atoms. The van der Waals surface area contributed by atoms with Crippen molar-refractivity contribution in [3.63, 3.8) is 0 Å². The van der Waals surface area contributed by atoms with Gasteiger partial charge in [-0.05, 0) is 35.9 Å². The van der Waals surface area contributed by atoms with Crippen LogP contribution in [0.15, 0.2) is 58.3 Å². The van der Waals surface area contributed by atoms with Crippen LogP contribution in [-0.4, -0.2) is 18.6 Å². The minimum Gasteiger partial charge on any atom is -0.489 e. The number of hydrogen-bond donors (Lipinski definition) is 1. The van der Waals surface area contributed by atoms with Gasteiger partial charge in [0.25, 0.3) is 0 Å². The Hall–Kier alpha value is -2.92. The van der Waals surface area contributed by atoms with Gasteiger partial charge in [-0.25, -0.2) is 13.6 Å². The van der Waals surface area contributed by atoms with Crippen LogP contribution >= 0.6 is 0 Å². The molecule has 0 aliphatic carbocycles. The van der Waals surface area contributed by atoms with Gasteiger partial charge in [0.15, 0.2) is 0 Å². The van der Waals surface area contributed by atoms with Crippen molar-refractivity contribution in [3.05, 3.63) is 60.0 Å². The van der Waals surface area contributed by atoms with Gasteiger partial charge in [0.05, 0.1) is 10.5 Å². The first-order valence-electron chi connectivity index (χ1n) is 7.37. The zero-order valence-corrected chi connectivity index (χ0v) is 14.3. The number of hydrogen-bond acceptors (Lipinski definition) is 6. The Kier molecular flexibility index (Phi) is 4.89. The third-order valence-electron chi connectivity index (χ3n) is 3.52. The first kappa shape index (κ1) is 18.9. The molecule has 0 atom stereocenters. The Morgan fingerprint density at radius 2 is 1.93 bits per heavy atom. The molecular formula is C16H12F3N3O4S. The minimum atomic E-state index is -4.49. The number of benzene rings is 2. The molecule has 1 aromatic heterocycles. The summed E-state index contributed by atoms with van der Waals surface area (Å²) in [6, 6.07) is 8.54. The van der Waals surface area contributed by atoms with Crippen LogP contribution in [0.3, 0.4) is 0 Å². The molecule has 1 heterocycles. The highest BCUT2D eigenvalue weighted by Gasteiger charge is 2.30. The number of halogens is 3. The summed E-state index contributed by atoms with van der Waals surface area (Å²) in [5.74, 6) is 0.0218. The van der Waals surface area contributed by atoms with E-state index in [4.69, 9.17) is 9.88 Å². The van der Waals surface area contributed by atoms with Crippen molar-refractivity contribution in [1.82, 2.24) is 10.1 Å². The van der Waals surface area contributed by atoms with Gasteiger partial charge in [-0.3, -0.25) is 0 Å². The molecule has 0 aliphatic heterocycles. The second kappa shape index (κ2) is 7.00. The molecule has 3 rings (SSSR count). The Labute approximate surface area is 151 Å². The molecule has 0 saturated heterocycles. The van der Waals surface area contributed by atoms with E-state index in [0.29, 0.717) is 5.56 Å². The lowest BCUT2D eigenvalue weighted by Gasteiger charge is -2.11. The second-order valence-corrected chi connectivity index (χ2v) is 6.97. The fourth-order valence-corrected chi connectivity index (χ4v) is 3.08. The normalized spacial score (nSPS) is 12.1. The molecule has 27 heavy (non-hydrogen) atoms. The quantitative estimate of drug-likeness (QED) is 0.707. The molecule has 0 fully saturated rings. The van der Waals surface area contributed by atoms with E-state index in [-0.39, 0.29) is 28.6 Å². The summed E-state index contributed by atoms with van der Waals surface area (Å²) in [4.78, 5) is 3.53. The van der Waals surface area contributed by atoms with Crippen LogP contribution < -0.4 is 9.88 Å². The maximum absolute atomic E-state index is 12.7. The molecule has 11 heteroatoms. The molecule has 142 valence electrons. The van der Waals surface area contributed by atoms with Crippen molar-refractivity contribution in [1.29, 1.82) is 0 Å². The van der Waals surface area contributed by atoms with Crippen LogP contribution in [-0.2, 0) is 22.8 Å². The highest BCUT2D eigenvalue weighted by molar-refractivity contribution is 7.89. The number of nitrogens with two attached hydrogens (primary N) is 1. The molecular weight excluding hydrogens is 387 g/mol. The average Bonchev–Trinajstić information content (AvgIpc) is 3.13. The van der Waals surface area contributed by atoms with Gasteiger partial charge in [-0.1, -0.05) is 17.3 Å². The van der Waals surface area contributed by atoms with Crippen molar-refractivity contribution >= 4 is 10.0 Å². The topological polar surface area (TPSA) is 108 Å². The Balaban J connectivity index is 1.87. The molecule has 3 aromatic rings. The molecule has 0 unspecified atom stereocenters. The second-order valence-electron chi connectivity index (χ2n) is 5.44. The predicted octanol–water partition coefficient (Wildman–Crippen LogP) is 2.98. The Bertz CT molecular complexity index is 1050. The zero-order valence-electron chi connectivity index (χ0n) is 13.5. The van der Waals surface area contributed by atoms with Crippen molar-refractivity contribution in [2.75, 3.05) is 0 Å². The summed E-state index contributed by atoms with van der Waals surface area (Å²) in [7, 11) is -4.12. The van der Waals surface area contributed by atoms with Crippen molar-refractivity contribution in [3.8, 4) is 17.1 Å². The fourth-order valence-electron chi connectivity index (χ4n) is 2.29. The van der Waals surface area contributed by atoms with Crippen LogP contribution in [0.2, 0.25) is 0 Å². The lowest BCUT2D eigenvalue weighted by molar-refractivity contribution is -0.137. The van der Waals surface area contributed by atoms with E-state index in [1.54, 1.807) is 0 Å². The van der Waals surface area contributed by atoms with Crippen molar-refractivity contribution < 1.29 is 30.8 Å². The minimum absolute atomic E-state index is 0.00998. The van der Waals surface area contributed by atoms with E-state index in [1.807, 2.05) is 0 Å². The van der Waals surface area contributed by atoms with Gasteiger partial charge >= 0.3 is 6.18 Å². The van der Waals surface area contributed by atoms with Crippen LogP contribution in [0.1, 0.15) is 11.1 Å². The van der Waals surface area contributed by atoms with E-state index in [1.165, 1.54) is 30.3 Å². The summed E-state index contributed by atoms with van der Waals surface area (Å²) in [5, 5.41) is 8.80. The highest BCUT2D eigenvalue weighted by atomic mass is 32.2. The molecule has 2 N–H and O–H groups in total. The van der Waals surface area contributed by atoms with Crippen LogP contribution in [0.4, 0.5) is 13.2 Å². The number of rotatable bonds is 5. The molecule has 0 saturated carbocycles. The number of sulfonamides is 1. The summed E-state index contributed by atoms with van der Waals surface area (Å²) in [6.45, 7) is -0.170. The molecule has 0 radical (unpaired) electrons. The molecule has 0 spiro atoms. The maximum Gasteiger partial charge on any atom is 0.416 e. The predicted molar refractivity (Wildman–Crippen MR) is 86.9 cm³/mol. The number of aromatic nitrogens is 2. The number of primary sulfonamides is 1. The lowest BCUT2D eigenvalue weighted by Crippen LogP contribution is -2.14. The first-order valence-corrected chi connectivity index (χ1v) is 8.92. The molecule has 0 aliphatic rings. The third-order valence-corrected chi connectivity index (χ3v) is 4.47. The summed E-state index contributed by atoms with van der Waals surface area (Å²) < 4.78 is 71.9. The van der Waals surface area contributed by atoms with E-state index >= 15 is 0 Å². The number of ether oxygens (including phenoxy) is 1. The van der Waals surface area contributed by atoms with E-state index in [2.05, 4.69) is 14.7 Å². The summed E-state index contributed by atoms with van der Waals surface area (Å²) in [5.41, 5.74) is -0.338. The smallest absolute Gasteiger partial charge is 0.416 e. The monoisotopic (exact) mass is 399 g/mol. The Morgan fingerprint density at radius 3 is 2.56 bits per heavy atom. The van der Waals surface area contributed by atoms with Gasteiger partial charge in [-0.2, -0.15) is 18.2 Å². The van der Waals surface area contributed by atoms with Crippen LogP contribution in [0.25, 0.3) is 11.4 Å². The summed E-state index contributed by atoms with van der Waals surface area (Å²) in [6.07, 6.45) is -3.46. The highest BCUT2D eigenvalue weighted by Crippen LogP contribution is 2.31. The zero-order chi connectivity index (χ0) is 19.7.